The van der Waals surface area contributed by atoms with Crippen molar-refractivity contribution in [3.63, 3.8) is 0 Å². The minimum atomic E-state index is -0.186. The Balaban J connectivity index is 2.06. The zero-order valence-electron chi connectivity index (χ0n) is 15.3. The van der Waals surface area contributed by atoms with Gasteiger partial charge in [0.25, 0.3) is 0 Å². The van der Waals surface area contributed by atoms with Gasteiger partial charge in [0.15, 0.2) is 0 Å². The molecule has 0 saturated carbocycles. The van der Waals surface area contributed by atoms with E-state index in [9.17, 15) is 5.11 Å². The maximum Gasteiger partial charge on any atom is 0.136 e. The van der Waals surface area contributed by atoms with E-state index in [4.69, 9.17) is 4.74 Å². The number of hydrogen-bond acceptors (Lipinski definition) is 2. The van der Waals surface area contributed by atoms with Crippen molar-refractivity contribution in [3.8, 4) is 11.5 Å². The highest BCUT2D eigenvalue weighted by molar-refractivity contribution is 14.1. The zero-order chi connectivity index (χ0) is 17.5. The molecular weight excluding hydrogens is 411 g/mol. The van der Waals surface area contributed by atoms with Crippen molar-refractivity contribution in [1.29, 1.82) is 0 Å². The van der Waals surface area contributed by atoms with Crippen LogP contribution in [0.5, 0.6) is 11.5 Å². The summed E-state index contributed by atoms with van der Waals surface area (Å²) in [5, 5.41) is 11.0. The number of phenolic OH excluding ortho intramolecular Hbond substituents is 1. The molecule has 0 amide bonds. The number of ether oxygens (including phenoxy) is 1. The predicted octanol–water partition coefficient (Wildman–Crippen LogP) is 6.34. The Morgan fingerprint density at radius 2 is 2.08 bits per heavy atom. The molecular formula is C21H29IO2. The second-order valence-electron chi connectivity index (χ2n) is 7.96. The number of allylic oxidation sites excluding steroid dienone is 2. The molecule has 0 spiro atoms. The molecule has 1 aliphatic carbocycles. The summed E-state index contributed by atoms with van der Waals surface area (Å²) in [4.78, 5) is 0. The van der Waals surface area contributed by atoms with Crippen LogP contribution in [0.25, 0.3) is 0 Å². The van der Waals surface area contributed by atoms with Gasteiger partial charge in [-0.2, -0.15) is 0 Å². The van der Waals surface area contributed by atoms with E-state index in [0.29, 0.717) is 11.7 Å². The lowest BCUT2D eigenvalue weighted by Gasteiger charge is -2.46. The van der Waals surface area contributed by atoms with Crippen molar-refractivity contribution in [1.82, 2.24) is 0 Å². The third-order valence-corrected chi connectivity index (χ3v) is 6.92. The number of fused-ring (bicyclic) bond motifs is 3. The Morgan fingerprint density at radius 3 is 2.79 bits per heavy atom. The Hall–Kier alpha value is -0.710. The monoisotopic (exact) mass is 440 g/mol. The SMILES string of the molecule is CCCCCc1cc2c(c(O)c1I)[C@@H]1C=C(C)CC[C@H]1C(C)(C)O2. The van der Waals surface area contributed by atoms with Crippen molar-refractivity contribution >= 4 is 22.6 Å². The summed E-state index contributed by atoms with van der Waals surface area (Å²) >= 11 is 2.31. The van der Waals surface area contributed by atoms with Crippen molar-refractivity contribution in [2.45, 2.75) is 77.7 Å². The molecule has 2 atom stereocenters. The summed E-state index contributed by atoms with van der Waals surface area (Å²) in [5.74, 6) is 2.06. The van der Waals surface area contributed by atoms with Gasteiger partial charge in [0.1, 0.15) is 17.1 Å². The average molecular weight is 440 g/mol. The lowest BCUT2D eigenvalue weighted by Crippen LogP contribution is -2.45. The quantitative estimate of drug-likeness (QED) is 0.336. The number of aromatic hydroxyl groups is 1. The van der Waals surface area contributed by atoms with Gasteiger partial charge < -0.3 is 9.84 Å². The highest BCUT2D eigenvalue weighted by Gasteiger charge is 2.45. The third-order valence-electron chi connectivity index (χ3n) is 5.71. The standard InChI is InChI=1S/C21H29IO2/c1-5-6-7-8-14-12-17-18(20(23)19(14)22)15-11-13(2)9-10-16(15)21(3,4)24-17/h11-12,15-16,23H,5-10H2,1-4H3/t15-,16-/m1/s1. The number of halogens is 1. The van der Waals surface area contributed by atoms with Crippen LogP contribution in [-0.4, -0.2) is 10.7 Å². The first-order chi connectivity index (χ1) is 11.3. The molecule has 0 saturated heterocycles. The van der Waals surface area contributed by atoms with Gasteiger partial charge in [-0.3, -0.25) is 0 Å². The van der Waals surface area contributed by atoms with Gasteiger partial charge >= 0.3 is 0 Å². The molecule has 2 aliphatic rings. The van der Waals surface area contributed by atoms with Gasteiger partial charge in [0.2, 0.25) is 0 Å². The van der Waals surface area contributed by atoms with Gasteiger partial charge in [-0.25, -0.2) is 0 Å². The highest BCUT2D eigenvalue weighted by atomic mass is 127. The second kappa shape index (κ2) is 6.89. The van der Waals surface area contributed by atoms with E-state index in [1.807, 2.05) is 0 Å². The topological polar surface area (TPSA) is 29.5 Å². The lowest BCUT2D eigenvalue weighted by molar-refractivity contribution is 0.0106. The first-order valence-electron chi connectivity index (χ1n) is 9.25. The van der Waals surface area contributed by atoms with Crippen LogP contribution < -0.4 is 4.74 Å². The fourth-order valence-corrected chi connectivity index (χ4v) is 5.05. The van der Waals surface area contributed by atoms with Crippen molar-refractivity contribution in [2.24, 2.45) is 5.92 Å². The fraction of sp³-hybridized carbons (Fsp3) is 0.619. The Bertz CT molecular complexity index is 660. The number of unbranched alkanes of at least 4 members (excludes halogenated alkanes) is 2. The Labute approximate surface area is 159 Å². The van der Waals surface area contributed by atoms with Gasteiger partial charge in [-0.1, -0.05) is 31.4 Å². The van der Waals surface area contributed by atoms with Crippen molar-refractivity contribution in [3.05, 3.63) is 32.4 Å². The van der Waals surface area contributed by atoms with Crippen LogP contribution in [0.3, 0.4) is 0 Å². The maximum atomic E-state index is 11.0. The molecule has 1 heterocycles. The molecule has 2 nitrogen and oxygen atoms in total. The Morgan fingerprint density at radius 1 is 1.33 bits per heavy atom. The third kappa shape index (κ3) is 3.21. The Kier molecular flexibility index (Phi) is 5.19. The van der Waals surface area contributed by atoms with Gasteiger partial charge in [-0.15, -0.1) is 0 Å². The molecule has 24 heavy (non-hydrogen) atoms. The summed E-state index contributed by atoms with van der Waals surface area (Å²) in [6, 6.07) is 2.20. The minimum absolute atomic E-state index is 0.186. The lowest BCUT2D eigenvalue weighted by atomic mass is 9.68. The summed E-state index contributed by atoms with van der Waals surface area (Å²) in [6.45, 7) is 8.83. The molecule has 0 bridgehead atoms. The van der Waals surface area contributed by atoms with E-state index in [-0.39, 0.29) is 11.5 Å². The summed E-state index contributed by atoms with van der Waals surface area (Å²) in [5.41, 5.74) is 3.49. The molecule has 3 heteroatoms. The van der Waals surface area contributed by atoms with Crippen LogP contribution in [0, 0.1) is 9.49 Å². The molecule has 3 rings (SSSR count). The smallest absolute Gasteiger partial charge is 0.136 e. The largest absolute Gasteiger partial charge is 0.506 e. The van der Waals surface area contributed by atoms with Crippen LogP contribution in [-0.2, 0) is 6.42 Å². The van der Waals surface area contributed by atoms with Crippen LogP contribution in [0.4, 0.5) is 0 Å². The maximum absolute atomic E-state index is 11.0. The average Bonchev–Trinajstić information content (AvgIpc) is 2.51. The number of rotatable bonds is 4. The van der Waals surface area contributed by atoms with Crippen LogP contribution in [0.15, 0.2) is 17.7 Å². The van der Waals surface area contributed by atoms with Crippen LogP contribution in [0.2, 0.25) is 0 Å². The highest BCUT2D eigenvalue weighted by Crippen LogP contribution is 2.54. The summed E-state index contributed by atoms with van der Waals surface area (Å²) in [7, 11) is 0. The van der Waals surface area contributed by atoms with Gasteiger partial charge in [-0.05, 0) is 80.7 Å². The first-order valence-corrected chi connectivity index (χ1v) is 10.3. The van der Waals surface area contributed by atoms with E-state index in [2.05, 4.69) is 62.4 Å². The molecule has 1 aromatic carbocycles. The van der Waals surface area contributed by atoms with Crippen LogP contribution >= 0.6 is 22.6 Å². The van der Waals surface area contributed by atoms with Crippen LogP contribution in [0.1, 0.15) is 76.8 Å². The molecule has 1 aliphatic heterocycles. The van der Waals surface area contributed by atoms with E-state index >= 15 is 0 Å². The molecule has 132 valence electrons. The number of phenols is 1. The van der Waals surface area contributed by atoms with Crippen molar-refractivity contribution in [2.75, 3.05) is 0 Å². The van der Waals surface area contributed by atoms with E-state index in [0.717, 1.165) is 34.1 Å². The number of hydrogen-bond donors (Lipinski definition) is 1. The molecule has 0 aromatic heterocycles. The van der Waals surface area contributed by atoms with E-state index < -0.39 is 0 Å². The van der Waals surface area contributed by atoms with Crippen molar-refractivity contribution < 1.29 is 9.84 Å². The van der Waals surface area contributed by atoms with Gasteiger partial charge in [0, 0.05) is 17.4 Å². The molecule has 0 fully saturated rings. The summed E-state index contributed by atoms with van der Waals surface area (Å²) in [6.07, 6.45) is 9.25. The first kappa shape index (κ1) is 18.1. The fourth-order valence-electron chi connectivity index (χ4n) is 4.33. The van der Waals surface area contributed by atoms with E-state index in [1.54, 1.807) is 0 Å². The normalized spacial score (nSPS) is 24.6. The van der Waals surface area contributed by atoms with Gasteiger partial charge in [0.05, 0.1) is 3.57 Å². The predicted molar refractivity (Wildman–Crippen MR) is 108 cm³/mol. The number of aryl methyl sites for hydroxylation is 1. The second-order valence-corrected chi connectivity index (χ2v) is 9.04. The zero-order valence-corrected chi connectivity index (χ0v) is 17.4. The summed E-state index contributed by atoms with van der Waals surface area (Å²) < 4.78 is 7.43. The van der Waals surface area contributed by atoms with E-state index in [1.165, 1.54) is 30.4 Å². The molecule has 0 unspecified atom stereocenters. The molecule has 1 aromatic rings. The molecule has 0 radical (unpaired) electrons. The number of benzene rings is 1. The minimum Gasteiger partial charge on any atom is -0.506 e. The molecule has 1 N–H and O–H groups in total.